The van der Waals surface area contributed by atoms with Crippen LogP contribution in [0.1, 0.15) is 23.3 Å². The zero-order valence-electron chi connectivity index (χ0n) is 17.7. The molecule has 0 radical (unpaired) electrons. The molecular formula is C22H23F2N5O4. The molecule has 1 atom stereocenters. The van der Waals surface area contributed by atoms with Crippen molar-refractivity contribution in [1.29, 1.82) is 0 Å². The zero-order chi connectivity index (χ0) is 23.5. The molecular weight excluding hydrogens is 436 g/mol. The Kier molecular flexibility index (Phi) is 6.38. The molecule has 2 aliphatic rings. The Morgan fingerprint density at radius 3 is 2.70 bits per heavy atom. The third-order valence-corrected chi connectivity index (χ3v) is 5.65. The molecule has 0 bridgehead atoms. The summed E-state index contributed by atoms with van der Waals surface area (Å²) in [5.74, 6) is -2.47. The van der Waals surface area contributed by atoms with Gasteiger partial charge in [0, 0.05) is 43.7 Å². The molecule has 1 aromatic carbocycles. The Morgan fingerprint density at radius 2 is 1.94 bits per heavy atom. The SMILES string of the molecule is NC(=O)c1cc(OC2CCCN(C(=O)CN3CCN(c4ccc(F)c(F)c4)C3=O)C2)ccn1. The zero-order valence-corrected chi connectivity index (χ0v) is 17.7. The van der Waals surface area contributed by atoms with Gasteiger partial charge in [-0.1, -0.05) is 0 Å². The average molecular weight is 459 g/mol. The van der Waals surface area contributed by atoms with Crippen LogP contribution in [0.5, 0.6) is 5.75 Å². The molecule has 11 heteroatoms. The van der Waals surface area contributed by atoms with Gasteiger partial charge in [-0.25, -0.2) is 13.6 Å². The van der Waals surface area contributed by atoms with Crippen LogP contribution in [0.4, 0.5) is 19.3 Å². The molecule has 3 heterocycles. The molecule has 2 N–H and O–H groups in total. The highest BCUT2D eigenvalue weighted by atomic mass is 19.2. The van der Waals surface area contributed by atoms with Gasteiger partial charge < -0.3 is 20.3 Å². The number of urea groups is 1. The fraction of sp³-hybridized carbons (Fsp3) is 0.364. The van der Waals surface area contributed by atoms with Crippen molar-refractivity contribution in [3.05, 3.63) is 53.9 Å². The first-order chi connectivity index (χ1) is 15.8. The summed E-state index contributed by atoms with van der Waals surface area (Å²) in [6, 6.07) is 5.90. The van der Waals surface area contributed by atoms with Crippen LogP contribution in [0.3, 0.4) is 0 Å². The highest BCUT2D eigenvalue weighted by molar-refractivity contribution is 5.96. The molecule has 4 amide bonds. The van der Waals surface area contributed by atoms with Crippen molar-refractivity contribution >= 4 is 23.5 Å². The first-order valence-corrected chi connectivity index (χ1v) is 10.5. The van der Waals surface area contributed by atoms with Gasteiger partial charge in [-0.2, -0.15) is 0 Å². The highest BCUT2D eigenvalue weighted by Gasteiger charge is 2.33. The van der Waals surface area contributed by atoms with E-state index < -0.39 is 23.6 Å². The summed E-state index contributed by atoms with van der Waals surface area (Å²) in [5, 5.41) is 0. The number of ether oxygens (including phenoxy) is 1. The number of hydrogen-bond donors (Lipinski definition) is 1. The molecule has 4 rings (SSSR count). The fourth-order valence-electron chi connectivity index (χ4n) is 3.96. The minimum Gasteiger partial charge on any atom is -0.488 e. The quantitative estimate of drug-likeness (QED) is 0.708. The minimum atomic E-state index is -1.04. The van der Waals surface area contributed by atoms with Crippen LogP contribution >= 0.6 is 0 Å². The second-order valence-electron chi connectivity index (χ2n) is 7.92. The maximum Gasteiger partial charge on any atom is 0.325 e. The third kappa shape index (κ3) is 5.02. The number of rotatable bonds is 6. The summed E-state index contributed by atoms with van der Waals surface area (Å²) in [4.78, 5) is 45.1. The highest BCUT2D eigenvalue weighted by Crippen LogP contribution is 2.23. The first-order valence-electron chi connectivity index (χ1n) is 10.5. The van der Waals surface area contributed by atoms with E-state index in [1.165, 1.54) is 28.1 Å². The molecule has 2 fully saturated rings. The largest absolute Gasteiger partial charge is 0.488 e. The number of aromatic nitrogens is 1. The van der Waals surface area contributed by atoms with E-state index in [9.17, 15) is 23.2 Å². The van der Waals surface area contributed by atoms with Crippen molar-refractivity contribution in [3.63, 3.8) is 0 Å². The van der Waals surface area contributed by atoms with E-state index in [0.717, 1.165) is 25.0 Å². The molecule has 33 heavy (non-hydrogen) atoms. The van der Waals surface area contributed by atoms with Crippen molar-refractivity contribution in [2.24, 2.45) is 5.73 Å². The lowest BCUT2D eigenvalue weighted by atomic mass is 10.1. The number of carbonyl (C=O) groups excluding carboxylic acids is 3. The average Bonchev–Trinajstić information content (AvgIpc) is 3.16. The molecule has 0 aliphatic carbocycles. The van der Waals surface area contributed by atoms with Gasteiger partial charge in [-0.15, -0.1) is 0 Å². The number of primary amides is 1. The molecule has 9 nitrogen and oxygen atoms in total. The Labute approximate surface area is 188 Å². The van der Waals surface area contributed by atoms with Gasteiger partial charge in [0.05, 0.1) is 6.54 Å². The molecule has 2 aromatic rings. The Balaban J connectivity index is 1.34. The van der Waals surface area contributed by atoms with Gasteiger partial charge in [0.2, 0.25) is 5.91 Å². The van der Waals surface area contributed by atoms with Crippen molar-refractivity contribution < 1.29 is 27.9 Å². The number of benzene rings is 1. The summed E-state index contributed by atoms with van der Waals surface area (Å²) < 4.78 is 32.6. The van der Waals surface area contributed by atoms with E-state index in [-0.39, 0.29) is 36.5 Å². The summed E-state index contributed by atoms with van der Waals surface area (Å²) in [7, 11) is 0. The second-order valence-corrected chi connectivity index (χ2v) is 7.92. The van der Waals surface area contributed by atoms with Crippen LogP contribution in [-0.2, 0) is 4.79 Å². The number of nitrogens with zero attached hydrogens (tertiary/aromatic N) is 4. The molecule has 0 saturated carbocycles. The summed E-state index contributed by atoms with van der Waals surface area (Å²) in [6.45, 7) is 1.32. The predicted octanol–water partition coefficient (Wildman–Crippen LogP) is 1.77. The number of amides is 4. The molecule has 1 aromatic heterocycles. The number of hydrogen-bond acceptors (Lipinski definition) is 5. The molecule has 174 valence electrons. The van der Waals surface area contributed by atoms with Crippen LogP contribution in [-0.4, -0.2) is 71.5 Å². The number of anilines is 1. The Hall–Kier alpha value is -3.76. The van der Waals surface area contributed by atoms with E-state index in [1.807, 2.05) is 0 Å². The van der Waals surface area contributed by atoms with Crippen molar-refractivity contribution in [1.82, 2.24) is 14.8 Å². The summed E-state index contributed by atoms with van der Waals surface area (Å²) in [5.41, 5.74) is 5.58. The van der Waals surface area contributed by atoms with Gasteiger partial charge >= 0.3 is 6.03 Å². The second kappa shape index (κ2) is 9.39. The smallest absolute Gasteiger partial charge is 0.325 e. The van der Waals surface area contributed by atoms with Crippen LogP contribution in [0.2, 0.25) is 0 Å². The molecule has 1 unspecified atom stereocenters. The van der Waals surface area contributed by atoms with Crippen LogP contribution in [0, 0.1) is 11.6 Å². The van der Waals surface area contributed by atoms with Gasteiger partial charge in [0.15, 0.2) is 11.6 Å². The molecule has 2 aliphatic heterocycles. The van der Waals surface area contributed by atoms with E-state index in [0.29, 0.717) is 25.4 Å². The van der Waals surface area contributed by atoms with Gasteiger partial charge in [-0.05, 0) is 31.0 Å². The van der Waals surface area contributed by atoms with Gasteiger partial charge in [-0.3, -0.25) is 19.5 Å². The van der Waals surface area contributed by atoms with E-state index in [4.69, 9.17) is 10.5 Å². The van der Waals surface area contributed by atoms with E-state index in [1.54, 1.807) is 11.0 Å². The predicted molar refractivity (Wildman–Crippen MR) is 114 cm³/mol. The number of halogens is 2. The lowest BCUT2D eigenvalue weighted by molar-refractivity contribution is -0.134. The standard InChI is InChI=1S/C22H23F2N5O4/c23-17-4-3-14(10-18(17)24)29-9-8-28(22(29)32)13-20(30)27-7-1-2-16(12-27)33-15-5-6-26-19(11-15)21(25)31/h3-6,10-11,16H,1-2,7-9,12-13H2,(H2,25,31). The van der Waals surface area contributed by atoms with E-state index in [2.05, 4.69) is 4.98 Å². The number of carbonyl (C=O) groups is 3. The maximum absolute atomic E-state index is 13.5. The number of nitrogens with two attached hydrogens (primary N) is 1. The van der Waals surface area contributed by atoms with Gasteiger partial charge in [0.25, 0.3) is 5.91 Å². The number of piperidine rings is 1. The topological polar surface area (TPSA) is 109 Å². The van der Waals surface area contributed by atoms with Crippen molar-refractivity contribution in [2.45, 2.75) is 18.9 Å². The number of pyridine rings is 1. The normalized spacial score (nSPS) is 18.5. The summed E-state index contributed by atoms with van der Waals surface area (Å²) in [6.07, 6.45) is 2.60. The van der Waals surface area contributed by atoms with Crippen molar-refractivity contribution in [2.75, 3.05) is 37.6 Å². The van der Waals surface area contributed by atoms with Crippen LogP contribution in [0.25, 0.3) is 0 Å². The number of likely N-dealkylation sites (tertiary alicyclic amines) is 1. The van der Waals surface area contributed by atoms with Crippen LogP contribution in [0.15, 0.2) is 36.5 Å². The summed E-state index contributed by atoms with van der Waals surface area (Å²) >= 11 is 0. The lowest BCUT2D eigenvalue weighted by Crippen LogP contribution is -2.48. The molecule has 0 spiro atoms. The lowest BCUT2D eigenvalue weighted by Gasteiger charge is -2.33. The molecule has 2 saturated heterocycles. The van der Waals surface area contributed by atoms with Crippen molar-refractivity contribution in [3.8, 4) is 5.75 Å². The third-order valence-electron chi connectivity index (χ3n) is 5.65. The first kappa shape index (κ1) is 22.4. The van der Waals surface area contributed by atoms with E-state index >= 15 is 0 Å². The van der Waals surface area contributed by atoms with Crippen LogP contribution < -0.4 is 15.4 Å². The monoisotopic (exact) mass is 459 g/mol. The maximum atomic E-state index is 13.5. The fourth-order valence-corrected chi connectivity index (χ4v) is 3.96. The van der Waals surface area contributed by atoms with Gasteiger partial charge in [0.1, 0.15) is 24.1 Å². The Morgan fingerprint density at radius 1 is 1.12 bits per heavy atom. The minimum absolute atomic E-state index is 0.0920. The Bertz CT molecular complexity index is 1080.